The topological polar surface area (TPSA) is 37.3 Å². The van der Waals surface area contributed by atoms with Gasteiger partial charge in [-0.25, -0.2) is 4.79 Å². The van der Waals surface area contributed by atoms with Gasteiger partial charge in [0.25, 0.3) is 0 Å². The van der Waals surface area contributed by atoms with Gasteiger partial charge in [0.05, 0.1) is 0 Å². The van der Waals surface area contributed by atoms with Crippen LogP contribution in [-0.2, 0) is 4.79 Å². The summed E-state index contributed by atoms with van der Waals surface area (Å²) in [5.74, 6) is -0.808. The minimum absolute atomic E-state index is 0.478. The van der Waals surface area contributed by atoms with E-state index in [0.29, 0.717) is 5.57 Å². The van der Waals surface area contributed by atoms with E-state index < -0.39 is 5.97 Å². The maximum Gasteiger partial charge on any atom is 0.331 e. The summed E-state index contributed by atoms with van der Waals surface area (Å²) < 4.78 is 0. The van der Waals surface area contributed by atoms with Crippen molar-refractivity contribution in [3.63, 3.8) is 0 Å². The molecule has 0 bridgehead atoms. The Bertz CT molecular complexity index is 498. The van der Waals surface area contributed by atoms with Gasteiger partial charge in [-0.1, -0.05) is 40.5 Å². The third kappa shape index (κ3) is 11.6. The average Bonchev–Trinajstić information content (AvgIpc) is 2.45. The monoisotopic (exact) mass is 318 g/mol. The van der Waals surface area contributed by atoms with Crippen molar-refractivity contribution in [2.24, 2.45) is 0 Å². The van der Waals surface area contributed by atoms with Crippen LogP contribution in [0.15, 0.2) is 46.1 Å². The molecule has 23 heavy (non-hydrogen) atoms. The molecule has 2 heteroatoms. The molecule has 0 aromatic heterocycles. The Morgan fingerprint density at radius 1 is 0.739 bits per heavy atom. The normalized spacial score (nSPS) is 13.7. The standard InChI is InChI=1S/C21H34O2/c1-16(2)10-7-11-17(3)12-8-13-18(4)14-9-15-19(5)20(6)21(22)23/h10,12,14H,7-9,11,13,15H2,1-6H3,(H,22,23)/b17-12+,18-14+,20-19+. The van der Waals surface area contributed by atoms with Crippen LogP contribution in [0, 0.1) is 0 Å². The van der Waals surface area contributed by atoms with E-state index in [4.69, 9.17) is 5.11 Å². The summed E-state index contributed by atoms with van der Waals surface area (Å²) in [4.78, 5) is 10.9. The second-order valence-electron chi connectivity index (χ2n) is 6.71. The lowest BCUT2D eigenvalue weighted by molar-refractivity contribution is -0.132. The van der Waals surface area contributed by atoms with Crippen LogP contribution < -0.4 is 0 Å². The molecule has 0 heterocycles. The van der Waals surface area contributed by atoms with Gasteiger partial charge >= 0.3 is 5.97 Å². The van der Waals surface area contributed by atoms with Crippen LogP contribution in [0.2, 0.25) is 0 Å². The molecule has 0 aliphatic heterocycles. The molecule has 0 atom stereocenters. The van der Waals surface area contributed by atoms with Gasteiger partial charge < -0.3 is 5.11 Å². The molecule has 0 saturated carbocycles. The van der Waals surface area contributed by atoms with Crippen LogP contribution in [0.5, 0.6) is 0 Å². The summed E-state index contributed by atoms with van der Waals surface area (Å²) in [6, 6.07) is 0. The zero-order valence-corrected chi connectivity index (χ0v) is 15.8. The maximum absolute atomic E-state index is 10.9. The molecule has 0 radical (unpaired) electrons. The number of carbonyl (C=O) groups is 1. The molecule has 0 amide bonds. The van der Waals surface area contributed by atoms with E-state index in [0.717, 1.165) is 44.1 Å². The predicted octanol–water partition coefficient (Wildman–Crippen LogP) is 6.61. The van der Waals surface area contributed by atoms with Crippen molar-refractivity contribution in [2.75, 3.05) is 0 Å². The molecular formula is C21H34O2. The van der Waals surface area contributed by atoms with Crippen molar-refractivity contribution in [1.82, 2.24) is 0 Å². The summed E-state index contributed by atoms with van der Waals surface area (Å²) in [5, 5.41) is 8.94. The largest absolute Gasteiger partial charge is 0.478 e. The van der Waals surface area contributed by atoms with Crippen molar-refractivity contribution in [2.45, 2.75) is 80.1 Å². The first kappa shape index (κ1) is 21.4. The molecule has 1 N–H and O–H groups in total. The minimum Gasteiger partial charge on any atom is -0.478 e. The molecule has 130 valence electrons. The molecule has 0 saturated heterocycles. The van der Waals surface area contributed by atoms with E-state index in [1.54, 1.807) is 6.92 Å². The number of aliphatic carboxylic acids is 1. The van der Waals surface area contributed by atoms with Crippen molar-refractivity contribution < 1.29 is 9.90 Å². The number of rotatable bonds is 10. The van der Waals surface area contributed by atoms with E-state index in [1.165, 1.54) is 16.7 Å². The molecule has 0 unspecified atom stereocenters. The van der Waals surface area contributed by atoms with Crippen molar-refractivity contribution >= 4 is 5.97 Å². The van der Waals surface area contributed by atoms with E-state index in [2.05, 4.69) is 45.9 Å². The highest BCUT2D eigenvalue weighted by molar-refractivity contribution is 5.86. The van der Waals surface area contributed by atoms with E-state index >= 15 is 0 Å². The molecule has 0 aromatic carbocycles. The van der Waals surface area contributed by atoms with Crippen LogP contribution in [0.4, 0.5) is 0 Å². The molecule has 2 nitrogen and oxygen atoms in total. The summed E-state index contributed by atoms with van der Waals surface area (Å²) in [6.07, 6.45) is 13.1. The van der Waals surface area contributed by atoms with Gasteiger partial charge in [0.2, 0.25) is 0 Å². The van der Waals surface area contributed by atoms with E-state index in [9.17, 15) is 4.79 Å². The Balaban J connectivity index is 4.15. The SMILES string of the molecule is CC(C)=CCC/C(C)=C/CC/C(C)=C/CC/C(C)=C(\C)C(=O)O. The number of hydrogen-bond acceptors (Lipinski definition) is 1. The van der Waals surface area contributed by atoms with Crippen LogP contribution in [0.1, 0.15) is 80.1 Å². The molecule has 0 aliphatic carbocycles. The number of carboxylic acid groups (broad SMARTS) is 1. The van der Waals surface area contributed by atoms with Gasteiger partial charge in [0.15, 0.2) is 0 Å². The third-order valence-electron chi connectivity index (χ3n) is 4.10. The Hall–Kier alpha value is -1.57. The molecule has 0 spiro atoms. The summed E-state index contributed by atoms with van der Waals surface area (Å²) in [6.45, 7) is 12.2. The molecule has 0 rings (SSSR count). The first-order valence-electron chi connectivity index (χ1n) is 8.58. The predicted molar refractivity (Wildman–Crippen MR) is 101 cm³/mol. The fraction of sp³-hybridized carbons (Fsp3) is 0.571. The van der Waals surface area contributed by atoms with Crippen molar-refractivity contribution in [3.05, 3.63) is 46.1 Å². The Labute approximate surface area is 142 Å². The van der Waals surface area contributed by atoms with Crippen LogP contribution in [0.3, 0.4) is 0 Å². The molecule has 0 aliphatic rings. The van der Waals surface area contributed by atoms with Gasteiger partial charge in [-0.3, -0.25) is 0 Å². The van der Waals surface area contributed by atoms with Gasteiger partial charge in [0.1, 0.15) is 0 Å². The van der Waals surface area contributed by atoms with Crippen molar-refractivity contribution in [3.8, 4) is 0 Å². The zero-order valence-electron chi connectivity index (χ0n) is 15.8. The van der Waals surface area contributed by atoms with E-state index in [-0.39, 0.29) is 0 Å². The third-order valence-corrected chi connectivity index (χ3v) is 4.10. The van der Waals surface area contributed by atoms with Crippen LogP contribution in [0.25, 0.3) is 0 Å². The van der Waals surface area contributed by atoms with E-state index in [1.807, 2.05) is 6.92 Å². The summed E-state index contributed by atoms with van der Waals surface area (Å²) in [7, 11) is 0. The first-order valence-corrected chi connectivity index (χ1v) is 8.58. The molecular weight excluding hydrogens is 284 g/mol. The highest BCUT2D eigenvalue weighted by atomic mass is 16.4. The highest BCUT2D eigenvalue weighted by Crippen LogP contribution is 2.15. The second-order valence-corrected chi connectivity index (χ2v) is 6.71. The lowest BCUT2D eigenvalue weighted by Gasteiger charge is -2.04. The lowest BCUT2D eigenvalue weighted by atomic mass is 10.0. The number of allylic oxidation sites excluding steroid dienone is 7. The van der Waals surface area contributed by atoms with Gasteiger partial charge in [-0.2, -0.15) is 0 Å². The lowest BCUT2D eigenvalue weighted by Crippen LogP contribution is -1.99. The zero-order chi connectivity index (χ0) is 17.8. The van der Waals surface area contributed by atoms with Crippen molar-refractivity contribution in [1.29, 1.82) is 0 Å². The van der Waals surface area contributed by atoms with Gasteiger partial charge in [-0.05, 0) is 80.1 Å². The summed E-state index contributed by atoms with van der Waals surface area (Å²) in [5.41, 5.74) is 5.69. The molecule has 0 fully saturated rings. The number of hydrogen-bond donors (Lipinski definition) is 1. The Morgan fingerprint density at radius 3 is 1.61 bits per heavy atom. The Kier molecular flexibility index (Phi) is 11.1. The maximum atomic E-state index is 10.9. The second kappa shape index (κ2) is 11.9. The quantitative estimate of drug-likeness (QED) is 0.363. The Morgan fingerprint density at radius 2 is 1.17 bits per heavy atom. The summed E-state index contributed by atoms with van der Waals surface area (Å²) >= 11 is 0. The van der Waals surface area contributed by atoms with Crippen LogP contribution in [-0.4, -0.2) is 11.1 Å². The average molecular weight is 319 g/mol. The smallest absolute Gasteiger partial charge is 0.331 e. The van der Waals surface area contributed by atoms with Gasteiger partial charge in [0, 0.05) is 5.57 Å². The molecule has 0 aromatic rings. The fourth-order valence-electron chi connectivity index (χ4n) is 2.24. The number of carboxylic acids is 1. The van der Waals surface area contributed by atoms with Gasteiger partial charge in [-0.15, -0.1) is 0 Å². The minimum atomic E-state index is -0.808. The first-order chi connectivity index (χ1) is 10.7. The highest BCUT2D eigenvalue weighted by Gasteiger charge is 2.04. The van der Waals surface area contributed by atoms with Crippen LogP contribution >= 0.6 is 0 Å². The fourth-order valence-corrected chi connectivity index (χ4v) is 2.24.